The number of hydrogen-bond acceptors (Lipinski definition) is 0. The first kappa shape index (κ1) is 12.2. The third-order valence-corrected chi connectivity index (χ3v) is 3.31. The summed E-state index contributed by atoms with van der Waals surface area (Å²) in [7, 11) is -0.850. The number of allylic oxidation sites excluding steroid dienone is 2. The van der Waals surface area contributed by atoms with Crippen molar-refractivity contribution in [2.45, 2.75) is 51.6 Å². The molecule has 0 aliphatic carbocycles. The van der Waals surface area contributed by atoms with Gasteiger partial charge in [0.25, 0.3) is 0 Å². The van der Waals surface area contributed by atoms with E-state index in [1.54, 1.807) is 0 Å². The molecule has 0 amide bonds. The van der Waals surface area contributed by atoms with Gasteiger partial charge in [-0.05, 0) is 18.9 Å². The molecule has 72 valence electrons. The summed E-state index contributed by atoms with van der Waals surface area (Å²) < 4.78 is 0. The summed E-state index contributed by atoms with van der Waals surface area (Å²) in [6, 6.07) is 1.15. The van der Waals surface area contributed by atoms with E-state index in [1.807, 2.05) is 0 Å². The minimum atomic E-state index is -0.850. The highest BCUT2D eigenvalue weighted by molar-refractivity contribution is 7.06. The van der Waals surface area contributed by atoms with E-state index in [0.29, 0.717) is 0 Å². The lowest BCUT2D eigenvalue weighted by molar-refractivity contribution is 0.674. The van der Waals surface area contributed by atoms with Gasteiger partial charge in [-0.15, -0.1) is 0 Å². The van der Waals surface area contributed by atoms with Gasteiger partial charge in [0.15, 0.2) is 0 Å². The molecular formula is C10H21ClSi. The van der Waals surface area contributed by atoms with Gasteiger partial charge >= 0.3 is 0 Å². The van der Waals surface area contributed by atoms with Crippen LogP contribution in [0, 0.1) is 0 Å². The molecule has 0 nitrogen and oxygen atoms in total. The van der Waals surface area contributed by atoms with E-state index in [9.17, 15) is 0 Å². The fourth-order valence-electron chi connectivity index (χ4n) is 1.09. The van der Waals surface area contributed by atoms with Crippen LogP contribution in [0.3, 0.4) is 0 Å². The Balaban J connectivity index is 3.03. The Labute approximate surface area is 83.3 Å². The summed E-state index contributed by atoms with van der Waals surface area (Å²) >= 11 is 5.93. The number of rotatable bonds is 7. The first-order valence-electron chi connectivity index (χ1n) is 5.06. The normalized spacial score (nSPS) is 13.9. The SMILES string of the molecule is CCCCCCC=CC[SiH](C)Cl. The van der Waals surface area contributed by atoms with Gasteiger partial charge in [-0.3, -0.25) is 0 Å². The zero-order chi connectivity index (χ0) is 9.23. The van der Waals surface area contributed by atoms with Crippen molar-refractivity contribution < 1.29 is 0 Å². The second-order valence-electron chi connectivity index (χ2n) is 3.34. The lowest BCUT2D eigenvalue weighted by Crippen LogP contribution is -1.90. The van der Waals surface area contributed by atoms with E-state index in [-0.39, 0.29) is 0 Å². The summed E-state index contributed by atoms with van der Waals surface area (Å²) in [4.78, 5) is 0. The molecule has 0 rings (SSSR count). The van der Waals surface area contributed by atoms with Gasteiger partial charge in [0.1, 0.15) is 8.11 Å². The van der Waals surface area contributed by atoms with Crippen molar-refractivity contribution in [1.82, 2.24) is 0 Å². The molecule has 0 saturated carbocycles. The van der Waals surface area contributed by atoms with Crippen molar-refractivity contribution in [3.63, 3.8) is 0 Å². The smallest absolute Gasteiger partial charge is 0.141 e. The molecule has 0 spiro atoms. The summed E-state index contributed by atoms with van der Waals surface area (Å²) in [6.45, 7) is 4.42. The zero-order valence-corrected chi connectivity index (χ0v) is 10.3. The molecule has 1 atom stereocenters. The topological polar surface area (TPSA) is 0 Å². The van der Waals surface area contributed by atoms with E-state index in [2.05, 4.69) is 25.6 Å². The Morgan fingerprint density at radius 3 is 2.50 bits per heavy atom. The zero-order valence-electron chi connectivity index (χ0n) is 8.35. The second-order valence-corrected chi connectivity index (χ2v) is 7.61. The van der Waals surface area contributed by atoms with Crippen molar-refractivity contribution in [3.05, 3.63) is 12.2 Å². The van der Waals surface area contributed by atoms with Crippen LogP contribution in [-0.2, 0) is 0 Å². The van der Waals surface area contributed by atoms with Crippen molar-refractivity contribution in [2.24, 2.45) is 0 Å². The van der Waals surface area contributed by atoms with Crippen LogP contribution in [0.1, 0.15) is 39.0 Å². The van der Waals surface area contributed by atoms with Gasteiger partial charge in [0.2, 0.25) is 0 Å². The van der Waals surface area contributed by atoms with Crippen molar-refractivity contribution in [2.75, 3.05) is 0 Å². The quantitative estimate of drug-likeness (QED) is 0.254. The summed E-state index contributed by atoms with van der Waals surface area (Å²) in [6.07, 6.45) is 11.2. The Morgan fingerprint density at radius 2 is 1.92 bits per heavy atom. The van der Waals surface area contributed by atoms with Crippen LogP contribution < -0.4 is 0 Å². The lowest BCUT2D eigenvalue weighted by atomic mass is 10.1. The van der Waals surface area contributed by atoms with Gasteiger partial charge in [-0.1, -0.05) is 44.9 Å². The van der Waals surface area contributed by atoms with Gasteiger partial charge in [0.05, 0.1) is 0 Å². The molecule has 0 aromatic heterocycles. The standard InChI is InChI=1S/C10H21ClSi/c1-3-4-5-6-7-8-9-10-12(2)11/h8-9,12H,3-7,10H2,1-2H3. The minimum Gasteiger partial charge on any atom is -0.172 e. The molecule has 2 heteroatoms. The molecule has 0 radical (unpaired) electrons. The summed E-state index contributed by atoms with van der Waals surface area (Å²) in [5, 5.41) is 0. The maximum atomic E-state index is 5.93. The third kappa shape index (κ3) is 10.2. The molecule has 1 unspecified atom stereocenters. The molecule has 0 fully saturated rings. The molecular weight excluding hydrogens is 184 g/mol. The highest BCUT2D eigenvalue weighted by Crippen LogP contribution is 2.04. The lowest BCUT2D eigenvalue weighted by Gasteiger charge is -1.95. The van der Waals surface area contributed by atoms with Crippen molar-refractivity contribution in [3.8, 4) is 0 Å². The van der Waals surface area contributed by atoms with Crippen LogP contribution in [-0.4, -0.2) is 8.11 Å². The molecule has 0 aromatic carbocycles. The van der Waals surface area contributed by atoms with Crippen molar-refractivity contribution >= 4 is 19.2 Å². The van der Waals surface area contributed by atoms with Crippen LogP contribution in [0.2, 0.25) is 12.6 Å². The monoisotopic (exact) mass is 204 g/mol. The molecule has 0 aliphatic rings. The summed E-state index contributed by atoms with van der Waals surface area (Å²) in [5.74, 6) is 0. The Hall–Kier alpha value is 0.247. The van der Waals surface area contributed by atoms with Crippen LogP contribution in [0.25, 0.3) is 0 Å². The Kier molecular flexibility index (Phi) is 9.53. The molecule has 12 heavy (non-hydrogen) atoms. The molecule has 0 aliphatic heterocycles. The highest BCUT2D eigenvalue weighted by Gasteiger charge is 1.92. The van der Waals surface area contributed by atoms with Crippen LogP contribution in [0.5, 0.6) is 0 Å². The van der Waals surface area contributed by atoms with Gasteiger partial charge in [0, 0.05) is 0 Å². The molecule has 0 saturated heterocycles. The summed E-state index contributed by atoms with van der Waals surface area (Å²) in [5.41, 5.74) is 0. The van der Waals surface area contributed by atoms with Gasteiger partial charge < -0.3 is 0 Å². The molecule has 0 N–H and O–H groups in total. The van der Waals surface area contributed by atoms with E-state index in [0.717, 1.165) is 6.04 Å². The predicted octanol–water partition coefficient (Wildman–Crippen LogP) is 4.11. The largest absolute Gasteiger partial charge is 0.172 e. The maximum absolute atomic E-state index is 5.93. The number of halogens is 1. The van der Waals surface area contributed by atoms with Crippen LogP contribution >= 0.6 is 11.1 Å². The van der Waals surface area contributed by atoms with Crippen LogP contribution in [0.15, 0.2) is 12.2 Å². The molecule has 0 bridgehead atoms. The van der Waals surface area contributed by atoms with E-state index >= 15 is 0 Å². The fourth-order valence-corrected chi connectivity index (χ4v) is 1.97. The Bertz CT molecular complexity index is 110. The predicted molar refractivity (Wildman–Crippen MR) is 61.6 cm³/mol. The average Bonchev–Trinajstić information content (AvgIpc) is 2.02. The van der Waals surface area contributed by atoms with Gasteiger partial charge in [-0.2, -0.15) is 11.1 Å². The van der Waals surface area contributed by atoms with E-state index < -0.39 is 8.11 Å². The maximum Gasteiger partial charge on any atom is 0.141 e. The van der Waals surface area contributed by atoms with E-state index in [1.165, 1.54) is 32.1 Å². The van der Waals surface area contributed by atoms with E-state index in [4.69, 9.17) is 11.1 Å². The second kappa shape index (κ2) is 9.34. The minimum absolute atomic E-state index is 0.850. The molecule has 0 aromatic rings. The first-order valence-corrected chi connectivity index (χ1v) is 8.78. The number of hydrogen-bond donors (Lipinski definition) is 0. The first-order chi connectivity index (χ1) is 5.77. The highest BCUT2D eigenvalue weighted by atomic mass is 35.6. The number of unbranched alkanes of at least 4 members (excludes halogenated alkanes) is 4. The van der Waals surface area contributed by atoms with Crippen LogP contribution in [0.4, 0.5) is 0 Å². The average molecular weight is 205 g/mol. The fraction of sp³-hybridized carbons (Fsp3) is 0.800. The molecule has 0 heterocycles. The van der Waals surface area contributed by atoms with Gasteiger partial charge in [-0.25, -0.2) is 0 Å². The third-order valence-electron chi connectivity index (χ3n) is 1.85. The van der Waals surface area contributed by atoms with Crippen molar-refractivity contribution in [1.29, 1.82) is 0 Å². The Morgan fingerprint density at radius 1 is 1.17 bits per heavy atom.